The van der Waals surface area contributed by atoms with E-state index in [-0.39, 0.29) is 6.61 Å². The van der Waals surface area contributed by atoms with Crippen LogP contribution >= 0.6 is 0 Å². The summed E-state index contributed by atoms with van der Waals surface area (Å²) in [6.07, 6.45) is 1.52. The van der Waals surface area contributed by atoms with Crippen LogP contribution in [-0.4, -0.2) is 26.7 Å². The van der Waals surface area contributed by atoms with Crippen LogP contribution in [0.2, 0.25) is 0 Å². The molecule has 0 atom stereocenters. The molecule has 0 radical (unpaired) electrons. The van der Waals surface area contributed by atoms with Gasteiger partial charge in [-0.2, -0.15) is 5.26 Å². The van der Waals surface area contributed by atoms with Gasteiger partial charge in [-0.3, -0.25) is 0 Å². The lowest BCUT2D eigenvalue weighted by Crippen LogP contribution is -2.09. The topological polar surface area (TPSA) is 74.7 Å². The second-order valence-electron chi connectivity index (χ2n) is 4.43. The number of rotatable bonds is 5. The van der Waals surface area contributed by atoms with Gasteiger partial charge in [-0.1, -0.05) is 35.0 Å². The Labute approximate surface area is 112 Å². The Morgan fingerprint density at radius 2 is 2.00 bits per heavy atom. The van der Waals surface area contributed by atoms with Crippen molar-refractivity contribution in [3.8, 4) is 6.07 Å². The Balaban J connectivity index is 2.12. The smallest absolute Gasteiger partial charge is 0.185 e. The van der Waals surface area contributed by atoms with Gasteiger partial charge < -0.3 is 5.11 Å². The summed E-state index contributed by atoms with van der Waals surface area (Å²) < 4.78 is 1.60. The maximum Gasteiger partial charge on any atom is 0.185 e. The van der Waals surface area contributed by atoms with Crippen LogP contribution in [0, 0.1) is 18.3 Å². The fourth-order valence-corrected chi connectivity index (χ4v) is 1.96. The minimum atomic E-state index is -0.00817. The number of nitriles is 1. The van der Waals surface area contributed by atoms with Crippen LogP contribution in [0.5, 0.6) is 0 Å². The van der Waals surface area contributed by atoms with Crippen LogP contribution in [-0.2, 0) is 19.4 Å². The van der Waals surface area contributed by atoms with Crippen LogP contribution in [0.1, 0.15) is 22.5 Å². The highest BCUT2D eigenvalue weighted by Gasteiger charge is 2.12. The van der Waals surface area contributed by atoms with E-state index in [0.717, 1.165) is 12.1 Å². The van der Waals surface area contributed by atoms with E-state index in [1.54, 1.807) is 4.68 Å². The molecule has 1 N–H and O–H groups in total. The molecule has 2 aromatic rings. The first-order chi connectivity index (χ1) is 9.24. The molecular weight excluding hydrogens is 240 g/mol. The molecule has 0 aliphatic rings. The standard InChI is InChI=1S/C14H16N4O/c1-11-2-4-12(5-3-11)6-7-14-13(10-15)16-17-18(14)8-9-19/h2-5,19H,6-9H2,1H3. The number of nitrogens with zero attached hydrogens (tertiary/aromatic N) is 4. The fourth-order valence-electron chi connectivity index (χ4n) is 1.96. The SMILES string of the molecule is Cc1ccc(CCc2c(C#N)nnn2CCO)cc1. The average molecular weight is 256 g/mol. The number of aromatic nitrogens is 3. The van der Waals surface area contributed by atoms with Gasteiger partial charge in [-0.05, 0) is 25.3 Å². The molecule has 0 fully saturated rings. The lowest BCUT2D eigenvalue weighted by Gasteiger charge is -2.05. The Bertz CT molecular complexity index is 580. The predicted octanol–water partition coefficient (Wildman–Crippen LogP) is 1.24. The lowest BCUT2D eigenvalue weighted by atomic mass is 10.1. The van der Waals surface area contributed by atoms with Gasteiger partial charge in [0.15, 0.2) is 5.69 Å². The van der Waals surface area contributed by atoms with E-state index in [1.807, 2.05) is 6.07 Å². The van der Waals surface area contributed by atoms with Gasteiger partial charge in [0, 0.05) is 0 Å². The van der Waals surface area contributed by atoms with Gasteiger partial charge in [0.2, 0.25) is 0 Å². The molecule has 5 heteroatoms. The molecule has 2 rings (SSSR count). The summed E-state index contributed by atoms with van der Waals surface area (Å²) >= 11 is 0. The van der Waals surface area contributed by atoms with E-state index < -0.39 is 0 Å². The first-order valence-electron chi connectivity index (χ1n) is 6.23. The van der Waals surface area contributed by atoms with Crippen molar-refractivity contribution in [2.45, 2.75) is 26.3 Å². The summed E-state index contributed by atoms with van der Waals surface area (Å²) in [6.45, 7) is 2.42. The molecule has 98 valence electrons. The number of hydrogen-bond donors (Lipinski definition) is 1. The summed E-state index contributed by atoms with van der Waals surface area (Å²) in [5, 5.41) is 25.7. The maximum absolute atomic E-state index is 9.01. The molecule has 0 aliphatic carbocycles. The van der Waals surface area contributed by atoms with Crippen molar-refractivity contribution in [1.29, 1.82) is 5.26 Å². The van der Waals surface area contributed by atoms with Crippen molar-refractivity contribution in [3.05, 3.63) is 46.8 Å². The molecule has 19 heavy (non-hydrogen) atoms. The van der Waals surface area contributed by atoms with Crippen molar-refractivity contribution in [2.75, 3.05) is 6.61 Å². The van der Waals surface area contributed by atoms with Gasteiger partial charge in [0.05, 0.1) is 18.8 Å². The molecule has 0 bridgehead atoms. The zero-order chi connectivity index (χ0) is 13.7. The van der Waals surface area contributed by atoms with Crippen LogP contribution in [0.3, 0.4) is 0 Å². The van der Waals surface area contributed by atoms with Crippen LogP contribution in [0.4, 0.5) is 0 Å². The van der Waals surface area contributed by atoms with Gasteiger partial charge in [0.1, 0.15) is 6.07 Å². The molecule has 0 unspecified atom stereocenters. The Morgan fingerprint density at radius 1 is 1.26 bits per heavy atom. The van der Waals surface area contributed by atoms with E-state index in [2.05, 4.69) is 41.5 Å². The summed E-state index contributed by atoms with van der Waals surface area (Å²) in [5.41, 5.74) is 3.58. The molecule has 0 spiro atoms. The van der Waals surface area contributed by atoms with Gasteiger partial charge in [-0.15, -0.1) is 5.10 Å². The number of aliphatic hydroxyl groups is 1. The first-order valence-corrected chi connectivity index (χ1v) is 6.23. The minimum absolute atomic E-state index is 0.00817. The van der Waals surface area contributed by atoms with Gasteiger partial charge >= 0.3 is 0 Å². The van der Waals surface area contributed by atoms with E-state index in [0.29, 0.717) is 18.7 Å². The molecular formula is C14H16N4O. The molecule has 0 aliphatic heterocycles. The molecule has 1 aromatic carbocycles. The molecule has 1 aromatic heterocycles. The predicted molar refractivity (Wildman–Crippen MR) is 70.4 cm³/mol. The van der Waals surface area contributed by atoms with E-state index in [4.69, 9.17) is 10.4 Å². The van der Waals surface area contributed by atoms with Gasteiger partial charge in [0.25, 0.3) is 0 Å². The minimum Gasteiger partial charge on any atom is -0.394 e. The van der Waals surface area contributed by atoms with E-state index >= 15 is 0 Å². The molecule has 0 saturated heterocycles. The summed E-state index contributed by atoms with van der Waals surface area (Å²) in [5.74, 6) is 0. The third-order valence-electron chi connectivity index (χ3n) is 3.03. The number of aliphatic hydroxyl groups excluding tert-OH is 1. The normalized spacial score (nSPS) is 10.4. The van der Waals surface area contributed by atoms with E-state index in [9.17, 15) is 0 Å². The van der Waals surface area contributed by atoms with Gasteiger partial charge in [-0.25, -0.2) is 4.68 Å². The monoisotopic (exact) mass is 256 g/mol. The largest absolute Gasteiger partial charge is 0.394 e. The van der Waals surface area contributed by atoms with Crippen molar-refractivity contribution in [2.24, 2.45) is 0 Å². The highest BCUT2D eigenvalue weighted by Crippen LogP contribution is 2.11. The summed E-state index contributed by atoms with van der Waals surface area (Å²) in [4.78, 5) is 0. The third kappa shape index (κ3) is 3.18. The molecule has 1 heterocycles. The van der Waals surface area contributed by atoms with Crippen LogP contribution in [0.15, 0.2) is 24.3 Å². The summed E-state index contributed by atoms with van der Waals surface area (Å²) in [6, 6.07) is 10.4. The fraction of sp³-hybridized carbons (Fsp3) is 0.357. The number of hydrogen-bond acceptors (Lipinski definition) is 4. The highest BCUT2D eigenvalue weighted by molar-refractivity contribution is 5.27. The highest BCUT2D eigenvalue weighted by atomic mass is 16.3. The third-order valence-corrected chi connectivity index (χ3v) is 3.03. The quantitative estimate of drug-likeness (QED) is 0.873. The Hall–Kier alpha value is -2.19. The molecule has 0 amide bonds. The van der Waals surface area contributed by atoms with Crippen LogP contribution in [0.25, 0.3) is 0 Å². The van der Waals surface area contributed by atoms with Crippen molar-refractivity contribution < 1.29 is 5.11 Å². The zero-order valence-corrected chi connectivity index (χ0v) is 10.9. The van der Waals surface area contributed by atoms with Crippen molar-refractivity contribution in [3.63, 3.8) is 0 Å². The number of benzene rings is 1. The lowest BCUT2D eigenvalue weighted by molar-refractivity contribution is 0.266. The maximum atomic E-state index is 9.01. The second kappa shape index (κ2) is 6.12. The first kappa shape index (κ1) is 13.2. The van der Waals surface area contributed by atoms with Crippen molar-refractivity contribution in [1.82, 2.24) is 15.0 Å². The second-order valence-corrected chi connectivity index (χ2v) is 4.43. The molecule has 5 nitrogen and oxygen atoms in total. The average Bonchev–Trinajstić information content (AvgIpc) is 2.81. The Morgan fingerprint density at radius 3 is 2.63 bits per heavy atom. The van der Waals surface area contributed by atoms with E-state index in [1.165, 1.54) is 11.1 Å². The summed E-state index contributed by atoms with van der Waals surface area (Å²) in [7, 11) is 0. The van der Waals surface area contributed by atoms with Crippen LogP contribution < -0.4 is 0 Å². The number of aryl methyl sites for hydroxylation is 2. The molecule has 0 saturated carbocycles. The zero-order valence-electron chi connectivity index (χ0n) is 10.9. The Kier molecular flexibility index (Phi) is 4.26. The van der Waals surface area contributed by atoms with Crippen molar-refractivity contribution >= 4 is 0 Å².